The summed E-state index contributed by atoms with van der Waals surface area (Å²) in [5.74, 6) is 0. The number of benzene rings is 1. The third kappa shape index (κ3) is 2.66. The Hall–Kier alpha value is -1.93. The van der Waals surface area contributed by atoms with Crippen molar-refractivity contribution in [2.24, 2.45) is 0 Å². The first-order valence-corrected chi connectivity index (χ1v) is 5.31. The molecule has 0 saturated carbocycles. The summed E-state index contributed by atoms with van der Waals surface area (Å²) >= 11 is 4.02. The number of rotatable bonds is 5. The first kappa shape index (κ1) is 14.1. The Balaban J connectivity index is 3.65. The molecule has 1 rings (SSSR count). The molecule has 0 radical (unpaired) electrons. The molecule has 1 N–H and O–H groups in total. The van der Waals surface area contributed by atoms with E-state index in [0.29, 0.717) is 0 Å². The lowest BCUT2D eigenvalue weighted by Gasteiger charge is -2.09. The van der Waals surface area contributed by atoms with Crippen molar-refractivity contribution in [1.82, 2.24) is 0 Å². The minimum Gasteiger partial charge on any atom is -0.392 e. The number of aliphatic hydroxyl groups is 1. The Bertz CT molecular complexity index is 482. The summed E-state index contributed by atoms with van der Waals surface area (Å²) < 4.78 is 0. The van der Waals surface area contributed by atoms with E-state index in [4.69, 9.17) is 5.11 Å². The topological polar surface area (TPSA) is 107 Å². The van der Waals surface area contributed by atoms with Gasteiger partial charge in [0, 0.05) is 12.1 Å². The van der Waals surface area contributed by atoms with Crippen molar-refractivity contribution in [3.8, 4) is 0 Å². The lowest BCUT2D eigenvalue weighted by molar-refractivity contribution is -0.395. The lowest BCUT2D eigenvalue weighted by Crippen LogP contribution is -2.04. The zero-order chi connectivity index (χ0) is 13.9. The van der Waals surface area contributed by atoms with Gasteiger partial charge in [-0.25, -0.2) is 0 Å². The zero-order valence-electron chi connectivity index (χ0n) is 9.15. The zero-order valence-corrected chi connectivity index (χ0v) is 10.0. The van der Waals surface area contributed by atoms with Gasteiger partial charge in [0.2, 0.25) is 0 Å². The molecule has 0 bridgehead atoms. The SMILES string of the molecule is C=CC(S)c1c([N+](=O)[O-])cc(CO)cc1[N+](=O)[O-]. The molecule has 1 atom stereocenters. The molecule has 0 aromatic heterocycles. The van der Waals surface area contributed by atoms with Gasteiger partial charge in [-0.1, -0.05) is 6.08 Å². The number of nitro benzene ring substituents is 2. The molecule has 1 unspecified atom stereocenters. The summed E-state index contributed by atoms with van der Waals surface area (Å²) in [5, 5.41) is 30.0. The van der Waals surface area contributed by atoms with Gasteiger partial charge < -0.3 is 5.11 Å². The van der Waals surface area contributed by atoms with Crippen LogP contribution < -0.4 is 0 Å². The van der Waals surface area contributed by atoms with Crippen LogP contribution in [0.2, 0.25) is 0 Å². The highest BCUT2D eigenvalue weighted by Crippen LogP contribution is 2.38. The first-order chi connectivity index (χ1) is 8.42. The molecule has 18 heavy (non-hydrogen) atoms. The molecule has 0 aliphatic heterocycles. The van der Waals surface area contributed by atoms with Crippen molar-refractivity contribution in [1.29, 1.82) is 0 Å². The van der Waals surface area contributed by atoms with Crippen LogP contribution in [0.25, 0.3) is 0 Å². The summed E-state index contributed by atoms with van der Waals surface area (Å²) in [6.45, 7) is 2.89. The molecule has 0 spiro atoms. The second-order valence-corrected chi connectivity index (χ2v) is 3.96. The minimum absolute atomic E-state index is 0.0988. The number of hydrogen-bond acceptors (Lipinski definition) is 6. The van der Waals surface area contributed by atoms with Crippen molar-refractivity contribution in [2.45, 2.75) is 11.9 Å². The highest BCUT2D eigenvalue weighted by Gasteiger charge is 2.29. The average molecular weight is 270 g/mol. The predicted molar refractivity (Wildman–Crippen MR) is 67.6 cm³/mol. The summed E-state index contributed by atoms with van der Waals surface area (Å²) in [7, 11) is 0. The molecular weight excluding hydrogens is 260 g/mol. The molecule has 1 aromatic carbocycles. The van der Waals surface area contributed by atoms with E-state index >= 15 is 0 Å². The number of thiol groups is 1. The molecule has 0 aliphatic rings. The molecule has 0 fully saturated rings. The van der Waals surface area contributed by atoms with Gasteiger partial charge >= 0.3 is 0 Å². The van der Waals surface area contributed by atoms with Crippen molar-refractivity contribution < 1.29 is 15.0 Å². The van der Waals surface area contributed by atoms with Crippen molar-refractivity contribution in [3.05, 3.63) is 56.1 Å². The van der Waals surface area contributed by atoms with E-state index in [1.165, 1.54) is 6.08 Å². The van der Waals surface area contributed by atoms with Crippen LogP contribution in [0.4, 0.5) is 11.4 Å². The lowest BCUT2D eigenvalue weighted by atomic mass is 10.0. The third-order valence-corrected chi connectivity index (χ3v) is 2.76. The van der Waals surface area contributed by atoms with Crippen LogP contribution in [0.3, 0.4) is 0 Å². The number of hydrogen-bond donors (Lipinski definition) is 2. The van der Waals surface area contributed by atoms with E-state index in [-0.39, 0.29) is 11.1 Å². The van der Waals surface area contributed by atoms with Crippen LogP contribution in [0.5, 0.6) is 0 Å². The molecule has 8 heteroatoms. The van der Waals surface area contributed by atoms with Crippen LogP contribution >= 0.6 is 12.6 Å². The Morgan fingerprint density at radius 1 is 1.33 bits per heavy atom. The van der Waals surface area contributed by atoms with Gasteiger partial charge in [-0.2, -0.15) is 12.6 Å². The summed E-state index contributed by atoms with van der Waals surface area (Å²) in [4.78, 5) is 20.4. The van der Waals surface area contributed by atoms with E-state index in [2.05, 4.69) is 19.2 Å². The van der Waals surface area contributed by atoms with Crippen LogP contribution in [0, 0.1) is 20.2 Å². The van der Waals surface area contributed by atoms with Crippen molar-refractivity contribution in [2.75, 3.05) is 0 Å². The van der Waals surface area contributed by atoms with Gasteiger partial charge in [0.15, 0.2) is 0 Å². The fourth-order valence-electron chi connectivity index (χ4n) is 1.49. The Labute approximate surface area is 107 Å². The Kier molecular flexibility index (Phi) is 4.40. The molecule has 0 amide bonds. The van der Waals surface area contributed by atoms with Gasteiger partial charge in [0.25, 0.3) is 11.4 Å². The van der Waals surface area contributed by atoms with Crippen molar-refractivity contribution in [3.63, 3.8) is 0 Å². The molecule has 1 aromatic rings. The fourth-order valence-corrected chi connectivity index (χ4v) is 1.76. The van der Waals surface area contributed by atoms with E-state index in [9.17, 15) is 20.2 Å². The molecule has 96 valence electrons. The van der Waals surface area contributed by atoms with E-state index in [0.717, 1.165) is 12.1 Å². The van der Waals surface area contributed by atoms with Gasteiger partial charge in [-0.3, -0.25) is 20.2 Å². The minimum atomic E-state index is -0.835. The number of nitrogens with zero attached hydrogens (tertiary/aromatic N) is 2. The molecular formula is C10H10N2O5S. The monoisotopic (exact) mass is 270 g/mol. The fraction of sp³-hybridized carbons (Fsp3) is 0.200. The van der Waals surface area contributed by atoms with E-state index in [1.807, 2.05) is 0 Å². The van der Waals surface area contributed by atoms with Gasteiger partial charge in [-0.05, 0) is 5.56 Å². The van der Waals surface area contributed by atoms with Crippen LogP contribution in [0.1, 0.15) is 16.4 Å². The molecule has 0 heterocycles. The second-order valence-electron chi connectivity index (χ2n) is 3.40. The highest BCUT2D eigenvalue weighted by atomic mass is 32.1. The maximum atomic E-state index is 10.9. The van der Waals surface area contributed by atoms with Gasteiger partial charge in [0.1, 0.15) is 5.56 Å². The van der Waals surface area contributed by atoms with E-state index < -0.39 is 33.1 Å². The van der Waals surface area contributed by atoms with Crippen LogP contribution in [-0.4, -0.2) is 15.0 Å². The molecule has 0 aliphatic carbocycles. The molecule has 0 saturated heterocycles. The standard InChI is InChI=1S/C10H10N2O5S/c1-2-9(18)10-7(11(14)15)3-6(5-13)4-8(10)12(16)17/h2-4,9,13,18H,1,5H2. The maximum Gasteiger partial charge on any atom is 0.281 e. The maximum absolute atomic E-state index is 10.9. The normalized spacial score (nSPS) is 11.9. The Morgan fingerprint density at radius 3 is 2.06 bits per heavy atom. The summed E-state index contributed by atoms with van der Waals surface area (Å²) in [5.41, 5.74) is -0.941. The third-order valence-electron chi connectivity index (χ3n) is 2.29. The van der Waals surface area contributed by atoms with E-state index in [1.54, 1.807) is 0 Å². The van der Waals surface area contributed by atoms with Gasteiger partial charge in [-0.15, -0.1) is 6.58 Å². The predicted octanol–water partition coefficient (Wildman–Crippen LogP) is 2.15. The average Bonchev–Trinajstić information content (AvgIpc) is 2.35. The smallest absolute Gasteiger partial charge is 0.281 e. The second kappa shape index (κ2) is 5.61. The Morgan fingerprint density at radius 2 is 1.78 bits per heavy atom. The van der Waals surface area contributed by atoms with Gasteiger partial charge in [0.05, 0.1) is 21.7 Å². The summed E-state index contributed by atoms with van der Waals surface area (Å²) in [6, 6.07) is 2.18. The van der Waals surface area contributed by atoms with Crippen molar-refractivity contribution >= 4 is 24.0 Å². The molecule has 7 nitrogen and oxygen atoms in total. The van der Waals surface area contributed by atoms with Crippen LogP contribution in [0.15, 0.2) is 24.8 Å². The summed E-state index contributed by atoms with van der Waals surface area (Å²) in [6.07, 6.45) is 1.26. The van der Waals surface area contributed by atoms with Crippen LogP contribution in [-0.2, 0) is 6.61 Å². The first-order valence-electron chi connectivity index (χ1n) is 4.79. The largest absolute Gasteiger partial charge is 0.392 e. The highest BCUT2D eigenvalue weighted by molar-refractivity contribution is 7.80. The number of nitro groups is 2. The quantitative estimate of drug-likeness (QED) is 0.369. The number of aliphatic hydroxyl groups excluding tert-OH is 1.